The first-order valence-electron chi connectivity index (χ1n) is 8.82. The average molecular weight is 381 g/mol. The summed E-state index contributed by atoms with van der Waals surface area (Å²) in [5.74, 6) is -0.205. The summed E-state index contributed by atoms with van der Waals surface area (Å²) in [5, 5.41) is 6.58. The molecule has 1 amide bonds. The number of hydrogen-bond acceptors (Lipinski definition) is 4. The molecule has 1 heterocycles. The highest BCUT2D eigenvalue weighted by Gasteiger charge is 2.09. The van der Waals surface area contributed by atoms with Gasteiger partial charge in [0.2, 0.25) is 0 Å². The average Bonchev–Trinajstić information content (AvgIpc) is 3.20. The van der Waals surface area contributed by atoms with Gasteiger partial charge in [0.15, 0.2) is 12.4 Å². The number of carbonyl (C=O) groups excluding carboxylic acids is 2. The van der Waals surface area contributed by atoms with Gasteiger partial charge in [-0.05, 0) is 55.3 Å². The zero-order valence-corrected chi connectivity index (χ0v) is 15.4. The minimum atomic E-state index is -0.497. The number of benzene rings is 2. The molecular formula is C21H20FN3O3. The Kier molecular flexibility index (Phi) is 6.16. The topological polar surface area (TPSA) is 73.2 Å². The molecule has 0 aliphatic rings. The van der Waals surface area contributed by atoms with Gasteiger partial charge >= 0.3 is 0 Å². The lowest BCUT2D eigenvalue weighted by atomic mass is 10.1. The first-order chi connectivity index (χ1) is 13.5. The Bertz CT molecular complexity index is 954. The first-order valence-corrected chi connectivity index (χ1v) is 8.82. The van der Waals surface area contributed by atoms with E-state index in [0.717, 1.165) is 5.56 Å². The zero-order chi connectivity index (χ0) is 19.9. The number of aryl methyl sites for hydroxylation is 1. The fourth-order valence-electron chi connectivity index (χ4n) is 2.60. The number of anilines is 1. The van der Waals surface area contributed by atoms with Crippen molar-refractivity contribution in [1.82, 2.24) is 9.78 Å². The van der Waals surface area contributed by atoms with Crippen molar-refractivity contribution in [3.63, 3.8) is 0 Å². The van der Waals surface area contributed by atoms with E-state index in [1.165, 1.54) is 10.7 Å². The predicted octanol–water partition coefficient (Wildman–Crippen LogP) is 3.55. The van der Waals surface area contributed by atoms with E-state index < -0.39 is 11.7 Å². The molecule has 0 unspecified atom stereocenters. The van der Waals surface area contributed by atoms with Crippen LogP contribution in [0, 0.1) is 5.82 Å². The van der Waals surface area contributed by atoms with Crippen molar-refractivity contribution in [1.29, 1.82) is 0 Å². The number of rotatable bonds is 8. The van der Waals surface area contributed by atoms with Crippen LogP contribution < -0.4 is 10.1 Å². The number of nitrogens with one attached hydrogen (secondary N) is 1. The number of ketones is 1. The van der Waals surface area contributed by atoms with Crippen LogP contribution >= 0.6 is 0 Å². The summed E-state index contributed by atoms with van der Waals surface area (Å²) in [7, 11) is 0. The lowest BCUT2D eigenvalue weighted by Gasteiger charge is -2.10. The molecule has 0 bridgehead atoms. The van der Waals surface area contributed by atoms with E-state index in [1.807, 2.05) is 12.1 Å². The third-order valence-corrected chi connectivity index (χ3v) is 4.04. The molecule has 3 rings (SSSR count). The summed E-state index contributed by atoms with van der Waals surface area (Å²) in [4.78, 5) is 23.1. The molecule has 1 N–H and O–H groups in total. The summed E-state index contributed by atoms with van der Waals surface area (Å²) in [6, 6.07) is 13.3. The molecule has 0 saturated heterocycles. The van der Waals surface area contributed by atoms with E-state index >= 15 is 0 Å². The van der Waals surface area contributed by atoms with Crippen molar-refractivity contribution in [3.8, 4) is 11.4 Å². The number of amides is 1. The number of nitrogens with zero attached hydrogens (tertiary/aromatic N) is 2. The van der Waals surface area contributed by atoms with Crippen LogP contribution in [-0.2, 0) is 16.0 Å². The van der Waals surface area contributed by atoms with E-state index in [9.17, 15) is 14.0 Å². The highest BCUT2D eigenvalue weighted by atomic mass is 19.1. The molecular weight excluding hydrogens is 361 g/mol. The molecule has 0 saturated carbocycles. The van der Waals surface area contributed by atoms with Crippen LogP contribution in [0.5, 0.6) is 5.75 Å². The summed E-state index contributed by atoms with van der Waals surface area (Å²) in [6.45, 7) is 1.36. The van der Waals surface area contributed by atoms with Gasteiger partial charge < -0.3 is 14.8 Å². The van der Waals surface area contributed by atoms with Crippen LogP contribution in [-0.4, -0.2) is 28.1 Å². The van der Waals surface area contributed by atoms with E-state index in [2.05, 4.69) is 10.4 Å². The van der Waals surface area contributed by atoms with Gasteiger partial charge in [0.05, 0.1) is 0 Å². The Balaban J connectivity index is 1.51. The summed E-state index contributed by atoms with van der Waals surface area (Å²) >= 11 is 0. The molecule has 0 aliphatic carbocycles. The van der Waals surface area contributed by atoms with Gasteiger partial charge in [0.1, 0.15) is 17.2 Å². The highest BCUT2D eigenvalue weighted by Crippen LogP contribution is 2.18. The molecule has 0 aliphatic heterocycles. The summed E-state index contributed by atoms with van der Waals surface area (Å²) in [5.41, 5.74) is 1.66. The highest BCUT2D eigenvalue weighted by molar-refractivity contribution is 5.92. The molecule has 1 aromatic heterocycles. The molecule has 144 valence electrons. The standard InChI is InChI=1S/C21H20FN3O3/c1-15(26)3-4-16-5-8-18(9-6-16)28-14-21(27)24-17-7-10-20(19(22)13-17)25-12-2-11-23-25/h2,5-13H,3-4,14H2,1H3,(H,24,27). The van der Waals surface area contributed by atoms with Crippen LogP contribution in [0.4, 0.5) is 10.1 Å². The van der Waals surface area contributed by atoms with E-state index in [0.29, 0.717) is 30.0 Å². The maximum Gasteiger partial charge on any atom is 0.262 e. The van der Waals surface area contributed by atoms with Crippen molar-refractivity contribution < 1.29 is 18.7 Å². The van der Waals surface area contributed by atoms with Crippen LogP contribution in [0.25, 0.3) is 5.69 Å². The fourth-order valence-corrected chi connectivity index (χ4v) is 2.60. The molecule has 3 aromatic rings. The van der Waals surface area contributed by atoms with Gasteiger partial charge in [0, 0.05) is 24.5 Å². The Morgan fingerprint density at radius 1 is 1.18 bits per heavy atom. The summed E-state index contributed by atoms with van der Waals surface area (Å²) in [6.07, 6.45) is 4.37. The van der Waals surface area contributed by atoms with Gasteiger partial charge in [-0.1, -0.05) is 12.1 Å². The minimum Gasteiger partial charge on any atom is -0.484 e. The van der Waals surface area contributed by atoms with Crippen LogP contribution in [0.3, 0.4) is 0 Å². The third-order valence-electron chi connectivity index (χ3n) is 4.04. The largest absolute Gasteiger partial charge is 0.484 e. The molecule has 0 radical (unpaired) electrons. The number of aromatic nitrogens is 2. The lowest BCUT2D eigenvalue weighted by molar-refractivity contribution is -0.118. The van der Waals surface area contributed by atoms with Gasteiger partial charge in [-0.3, -0.25) is 4.79 Å². The second-order valence-electron chi connectivity index (χ2n) is 6.30. The Labute approximate surface area is 161 Å². The minimum absolute atomic E-state index is 0.145. The van der Waals surface area contributed by atoms with Crippen LogP contribution in [0.1, 0.15) is 18.9 Å². The van der Waals surface area contributed by atoms with Crippen molar-refractivity contribution in [2.75, 3.05) is 11.9 Å². The number of halogens is 1. The molecule has 2 aromatic carbocycles. The summed E-state index contributed by atoms with van der Waals surface area (Å²) < 4.78 is 21.1. The smallest absolute Gasteiger partial charge is 0.262 e. The first kappa shape index (κ1) is 19.3. The lowest BCUT2D eigenvalue weighted by Crippen LogP contribution is -2.20. The molecule has 28 heavy (non-hydrogen) atoms. The Morgan fingerprint density at radius 2 is 1.96 bits per heavy atom. The quantitative estimate of drug-likeness (QED) is 0.648. The normalized spacial score (nSPS) is 10.5. The van der Waals surface area contributed by atoms with Crippen LogP contribution in [0.15, 0.2) is 60.9 Å². The second-order valence-corrected chi connectivity index (χ2v) is 6.30. The molecule has 0 atom stereocenters. The van der Waals surface area contributed by atoms with Gasteiger partial charge in [-0.2, -0.15) is 5.10 Å². The van der Waals surface area contributed by atoms with Crippen molar-refractivity contribution in [2.24, 2.45) is 0 Å². The second kappa shape index (κ2) is 8.94. The number of hydrogen-bond donors (Lipinski definition) is 1. The third kappa shape index (κ3) is 5.26. The monoisotopic (exact) mass is 381 g/mol. The molecule has 0 fully saturated rings. The maximum absolute atomic E-state index is 14.2. The fraction of sp³-hybridized carbons (Fsp3) is 0.190. The molecule has 0 spiro atoms. The predicted molar refractivity (Wildman–Crippen MR) is 103 cm³/mol. The maximum atomic E-state index is 14.2. The molecule has 6 nitrogen and oxygen atoms in total. The van der Waals surface area contributed by atoms with Gasteiger partial charge in [0.25, 0.3) is 5.91 Å². The van der Waals surface area contributed by atoms with Crippen molar-refractivity contribution >= 4 is 17.4 Å². The van der Waals surface area contributed by atoms with Crippen molar-refractivity contribution in [2.45, 2.75) is 19.8 Å². The molecule has 7 heteroatoms. The number of carbonyl (C=O) groups is 2. The van der Waals surface area contributed by atoms with Gasteiger partial charge in [-0.25, -0.2) is 9.07 Å². The van der Waals surface area contributed by atoms with Crippen LogP contribution in [0.2, 0.25) is 0 Å². The SMILES string of the molecule is CC(=O)CCc1ccc(OCC(=O)Nc2ccc(-n3cccn3)c(F)c2)cc1. The Hall–Kier alpha value is -3.48. The Morgan fingerprint density at radius 3 is 2.61 bits per heavy atom. The van der Waals surface area contributed by atoms with Gasteiger partial charge in [-0.15, -0.1) is 0 Å². The van der Waals surface area contributed by atoms with E-state index in [-0.39, 0.29) is 12.4 Å². The van der Waals surface area contributed by atoms with Crippen molar-refractivity contribution in [3.05, 3.63) is 72.3 Å². The van der Waals surface area contributed by atoms with E-state index in [4.69, 9.17) is 4.74 Å². The number of Topliss-reactive ketones (excluding diaryl/α,β-unsaturated/α-hetero) is 1. The zero-order valence-electron chi connectivity index (χ0n) is 15.4. The van der Waals surface area contributed by atoms with E-state index in [1.54, 1.807) is 49.6 Å². The number of ether oxygens (including phenoxy) is 1.